The van der Waals surface area contributed by atoms with Crippen LogP contribution in [0, 0.1) is 5.92 Å². The van der Waals surface area contributed by atoms with Crippen LogP contribution in [-0.4, -0.2) is 81.6 Å². The summed E-state index contributed by atoms with van der Waals surface area (Å²) >= 11 is 0. The molecule has 2 heterocycles. The number of carboxylic acid groups (broad SMARTS) is 1. The Morgan fingerprint density at radius 3 is 2.74 bits per heavy atom. The molecule has 8 heteroatoms. The Morgan fingerprint density at radius 2 is 1.97 bits per heavy atom. The number of fused-ring (bicyclic) bond motifs is 1. The second-order valence-electron chi connectivity index (χ2n) is 9.68. The number of aliphatic hydroxyl groups is 3. The van der Waals surface area contributed by atoms with Gasteiger partial charge in [-0.05, 0) is 68.5 Å². The maximum Gasteiger partial charge on any atom is 0.335 e. The van der Waals surface area contributed by atoms with Crippen molar-refractivity contribution in [1.82, 2.24) is 4.90 Å². The molecule has 4 N–H and O–H groups in total. The molecule has 170 valence electrons. The summed E-state index contributed by atoms with van der Waals surface area (Å²) in [5.74, 6) is -0.321. The number of rotatable bonds is 3. The maximum absolute atomic E-state index is 11.4. The number of aliphatic carboxylic acids is 1. The number of hydrogen-bond donors (Lipinski definition) is 4. The minimum Gasteiger partial charge on any atom is -0.479 e. The predicted octanol–water partition coefficient (Wildman–Crippen LogP) is 0.646. The van der Waals surface area contributed by atoms with Crippen LogP contribution in [0.15, 0.2) is 18.2 Å². The van der Waals surface area contributed by atoms with Crippen LogP contribution in [0.5, 0.6) is 5.75 Å². The summed E-state index contributed by atoms with van der Waals surface area (Å²) in [4.78, 5) is 13.9. The lowest BCUT2D eigenvalue weighted by Crippen LogP contribution is -2.61. The fraction of sp³-hybridized carbons (Fsp3) is 0.696. The third-order valence-electron chi connectivity index (χ3n) is 8.15. The molecule has 8 atom stereocenters. The van der Waals surface area contributed by atoms with E-state index < -0.39 is 36.7 Å². The molecule has 0 aromatic heterocycles. The normalized spacial score (nSPS) is 42.4. The lowest BCUT2D eigenvalue weighted by Gasteiger charge is -2.58. The van der Waals surface area contributed by atoms with Crippen molar-refractivity contribution in [2.75, 3.05) is 13.6 Å². The van der Waals surface area contributed by atoms with Crippen molar-refractivity contribution >= 4 is 5.97 Å². The second-order valence-corrected chi connectivity index (χ2v) is 9.68. The van der Waals surface area contributed by atoms with E-state index in [1.807, 2.05) is 12.1 Å². The van der Waals surface area contributed by atoms with Crippen LogP contribution in [-0.2, 0) is 21.4 Å². The maximum atomic E-state index is 11.4. The fourth-order valence-corrected chi connectivity index (χ4v) is 6.53. The Hall–Kier alpha value is -1.71. The largest absolute Gasteiger partial charge is 0.479 e. The molecule has 1 aromatic carbocycles. The number of carboxylic acids is 1. The summed E-state index contributed by atoms with van der Waals surface area (Å²) in [6.45, 7) is 1.07. The van der Waals surface area contributed by atoms with Crippen molar-refractivity contribution in [3.8, 4) is 5.75 Å². The Morgan fingerprint density at radius 1 is 1.16 bits per heavy atom. The number of benzene rings is 1. The molecule has 1 saturated carbocycles. The lowest BCUT2D eigenvalue weighted by molar-refractivity contribution is -0.271. The van der Waals surface area contributed by atoms with Gasteiger partial charge in [0.15, 0.2) is 6.10 Å². The Kier molecular flexibility index (Phi) is 5.26. The monoisotopic (exact) mass is 433 g/mol. The number of likely N-dealkylation sites (N-methyl/N-ethyl adjacent to an activating group) is 1. The van der Waals surface area contributed by atoms with E-state index in [-0.39, 0.29) is 5.41 Å². The highest BCUT2D eigenvalue weighted by atomic mass is 16.7. The number of ether oxygens (including phenoxy) is 2. The summed E-state index contributed by atoms with van der Waals surface area (Å²) in [6.07, 6.45) is -1.03. The molecule has 2 saturated heterocycles. The number of piperidine rings is 1. The van der Waals surface area contributed by atoms with Gasteiger partial charge in [-0.1, -0.05) is 18.9 Å². The summed E-state index contributed by atoms with van der Waals surface area (Å²) < 4.78 is 11.2. The van der Waals surface area contributed by atoms with Gasteiger partial charge in [-0.3, -0.25) is 0 Å². The van der Waals surface area contributed by atoms with Crippen molar-refractivity contribution < 1.29 is 34.7 Å². The first kappa shape index (κ1) is 21.2. The molecular formula is C23H31NO7. The van der Waals surface area contributed by atoms with Gasteiger partial charge in [0.1, 0.15) is 24.1 Å². The SMILES string of the molecule is CN1CC[C@]23CCCC[C@@H]2[C@H]1Cc1ccc(OC2O[C@H](C(=O)O)[C@@H](O)[C@H](O)[C@H]2O)cc13. The molecule has 5 rings (SSSR count). The first-order valence-electron chi connectivity index (χ1n) is 11.2. The van der Waals surface area contributed by atoms with Crippen LogP contribution in [0.2, 0.25) is 0 Å². The highest BCUT2D eigenvalue weighted by Crippen LogP contribution is 2.56. The first-order valence-corrected chi connectivity index (χ1v) is 11.2. The first-order chi connectivity index (χ1) is 14.8. The smallest absolute Gasteiger partial charge is 0.335 e. The zero-order valence-corrected chi connectivity index (χ0v) is 17.7. The fourth-order valence-electron chi connectivity index (χ4n) is 6.53. The van der Waals surface area contributed by atoms with Gasteiger partial charge in [-0.2, -0.15) is 0 Å². The van der Waals surface area contributed by atoms with E-state index >= 15 is 0 Å². The van der Waals surface area contributed by atoms with Gasteiger partial charge >= 0.3 is 5.97 Å². The second kappa shape index (κ2) is 7.71. The van der Waals surface area contributed by atoms with E-state index in [4.69, 9.17) is 9.47 Å². The van der Waals surface area contributed by atoms with Gasteiger partial charge in [-0.15, -0.1) is 0 Å². The predicted molar refractivity (Wildman–Crippen MR) is 110 cm³/mol. The van der Waals surface area contributed by atoms with Crippen LogP contribution in [0.25, 0.3) is 0 Å². The molecule has 31 heavy (non-hydrogen) atoms. The Labute approximate surface area is 181 Å². The summed E-state index contributed by atoms with van der Waals surface area (Å²) in [5.41, 5.74) is 2.76. The summed E-state index contributed by atoms with van der Waals surface area (Å²) in [5, 5.41) is 39.5. The van der Waals surface area contributed by atoms with Crippen molar-refractivity contribution in [3.63, 3.8) is 0 Å². The third kappa shape index (κ3) is 3.27. The molecule has 0 spiro atoms. The molecule has 1 aromatic rings. The Balaban J connectivity index is 1.45. The van der Waals surface area contributed by atoms with E-state index in [1.165, 1.54) is 30.4 Å². The van der Waals surface area contributed by atoms with Crippen molar-refractivity contribution in [2.24, 2.45) is 5.92 Å². The van der Waals surface area contributed by atoms with Gasteiger partial charge < -0.3 is 34.8 Å². The molecule has 2 aliphatic heterocycles. The molecule has 2 aliphatic carbocycles. The van der Waals surface area contributed by atoms with Crippen LogP contribution < -0.4 is 4.74 Å². The van der Waals surface area contributed by atoms with Crippen LogP contribution in [0.1, 0.15) is 43.2 Å². The number of nitrogens with zero attached hydrogens (tertiary/aromatic N) is 1. The van der Waals surface area contributed by atoms with Crippen LogP contribution in [0.3, 0.4) is 0 Å². The highest BCUT2D eigenvalue weighted by Gasteiger charge is 2.53. The molecule has 8 nitrogen and oxygen atoms in total. The molecule has 0 radical (unpaired) electrons. The third-order valence-corrected chi connectivity index (χ3v) is 8.15. The molecular weight excluding hydrogens is 402 g/mol. The van der Waals surface area contributed by atoms with Gasteiger partial charge in [0, 0.05) is 11.5 Å². The standard InChI is InChI=1S/C23H31NO7/c1-24-9-8-23-7-3-2-4-14(23)16(24)10-12-5-6-13(11-15(12)23)30-22-19(27)17(25)18(26)20(31-22)21(28)29/h5-6,11,14,16-20,22,25-27H,2-4,7-10H2,1H3,(H,28,29)/t14-,16-,17+,18+,19-,20+,22?,23-/m1/s1. The lowest BCUT2D eigenvalue weighted by atomic mass is 9.52. The number of aliphatic hydroxyl groups excluding tert-OH is 3. The van der Waals surface area contributed by atoms with Crippen molar-refractivity contribution in [2.45, 2.75) is 80.7 Å². The van der Waals surface area contributed by atoms with E-state index in [2.05, 4.69) is 18.0 Å². The minimum atomic E-state index is -1.73. The van der Waals surface area contributed by atoms with Crippen LogP contribution >= 0.6 is 0 Å². The molecule has 0 amide bonds. The summed E-state index contributed by atoms with van der Waals surface area (Å²) in [6, 6.07) is 6.47. The van der Waals surface area contributed by atoms with Crippen molar-refractivity contribution in [1.29, 1.82) is 0 Å². The number of hydrogen-bond acceptors (Lipinski definition) is 7. The highest BCUT2D eigenvalue weighted by molar-refractivity contribution is 5.73. The topological polar surface area (TPSA) is 120 Å². The quantitative estimate of drug-likeness (QED) is 0.549. The van der Waals surface area contributed by atoms with E-state index in [0.29, 0.717) is 17.7 Å². The Bertz CT molecular complexity index is 862. The molecule has 2 bridgehead atoms. The van der Waals surface area contributed by atoms with Gasteiger partial charge in [0.2, 0.25) is 6.29 Å². The minimum absolute atomic E-state index is 0.133. The van der Waals surface area contributed by atoms with E-state index in [9.17, 15) is 25.2 Å². The number of likely N-dealkylation sites (tertiary alicyclic amines) is 1. The van der Waals surface area contributed by atoms with Crippen molar-refractivity contribution in [3.05, 3.63) is 29.3 Å². The average molecular weight is 434 g/mol. The number of carbonyl (C=O) groups is 1. The average Bonchev–Trinajstić information content (AvgIpc) is 2.76. The van der Waals surface area contributed by atoms with Crippen LogP contribution in [0.4, 0.5) is 0 Å². The van der Waals surface area contributed by atoms with Gasteiger partial charge in [0.25, 0.3) is 0 Å². The molecule has 1 unspecified atom stereocenters. The van der Waals surface area contributed by atoms with E-state index in [1.54, 1.807) is 0 Å². The van der Waals surface area contributed by atoms with E-state index in [0.717, 1.165) is 25.8 Å². The van der Waals surface area contributed by atoms with Gasteiger partial charge in [-0.25, -0.2) is 4.79 Å². The molecule has 3 fully saturated rings. The molecule has 4 aliphatic rings. The zero-order valence-electron chi connectivity index (χ0n) is 17.7. The summed E-state index contributed by atoms with van der Waals surface area (Å²) in [7, 11) is 2.23. The van der Waals surface area contributed by atoms with Gasteiger partial charge in [0.05, 0.1) is 0 Å². The zero-order chi connectivity index (χ0) is 21.9.